The van der Waals surface area contributed by atoms with Crippen molar-refractivity contribution < 1.29 is 4.79 Å². The van der Waals surface area contributed by atoms with Crippen molar-refractivity contribution in [3.63, 3.8) is 0 Å². The molecule has 2 aromatic rings. The van der Waals surface area contributed by atoms with Gasteiger partial charge < -0.3 is 11.1 Å². The Kier molecular flexibility index (Phi) is 4.79. The molecule has 4 nitrogen and oxygen atoms in total. The third kappa shape index (κ3) is 4.13. The first-order valence-electron chi connectivity index (χ1n) is 6.19. The van der Waals surface area contributed by atoms with E-state index in [-0.39, 0.29) is 5.91 Å². The third-order valence-electron chi connectivity index (χ3n) is 2.74. The molecule has 0 saturated heterocycles. The lowest BCUT2D eigenvalue weighted by molar-refractivity contribution is 0.0951. The Morgan fingerprint density at radius 2 is 2.05 bits per heavy atom. The predicted molar refractivity (Wildman–Crippen MR) is 82.3 cm³/mol. The van der Waals surface area contributed by atoms with Crippen molar-refractivity contribution in [1.82, 2.24) is 10.3 Å². The molecule has 0 radical (unpaired) electrons. The van der Waals surface area contributed by atoms with Crippen LogP contribution in [0.3, 0.4) is 0 Å². The summed E-state index contributed by atoms with van der Waals surface area (Å²) in [6.45, 7) is 0.451. The topological polar surface area (TPSA) is 68.0 Å². The van der Waals surface area contributed by atoms with Crippen LogP contribution < -0.4 is 11.1 Å². The summed E-state index contributed by atoms with van der Waals surface area (Å²) in [7, 11) is 0. The molecule has 0 atom stereocenters. The van der Waals surface area contributed by atoms with Gasteiger partial charge in [0.2, 0.25) is 0 Å². The van der Waals surface area contributed by atoms with E-state index in [1.54, 1.807) is 24.5 Å². The molecule has 1 heterocycles. The number of nitrogens with one attached hydrogen (secondary N) is 1. The molecule has 20 heavy (non-hydrogen) atoms. The second-order valence-electron chi connectivity index (χ2n) is 4.39. The normalized spacial score (nSPS) is 10.0. The Balaban J connectivity index is 2.00. The molecular weight excluding hydrogens is 270 g/mol. The molecule has 0 aliphatic rings. The molecule has 1 aromatic heterocycles. The van der Waals surface area contributed by atoms with Gasteiger partial charge >= 0.3 is 0 Å². The Bertz CT molecular complexity index is 614. The number of aromatic nitrogens is 1. The lowest BCUT2D eigenvalue weighted by atomic mass is 10.1. The molecule has 0 unspecified atom stereocenters. The van der Waals surface area contributed by atoms with Gasteiger partial charge in [0.05, 0.1) is 4.99 Å². The number of amides is 1. The number of hydrogen-bond acceptors (Lipinski definition) is 3. The molecule has 1 amide bonds. The highest BCUT2D eigenvalue weighted by Crippen LogP contribution is 2.07. The Hall–Kier alpha value is -2.27. The van der Waals surface area contributed by atoms with Gasteiger partial charge in [-0.1, -0.05) is 30.4 Å². The van der Waals surface area contributed by atoms with Crippen LogP contribution in [0.2, 0.25) is 0 Å². The zero-order chi connectivity index (χ0) is 14.4. The summed E-state index contributed by atoms with van der Waals surface area (Å²) < 4.78 is 0. The van der Waals surface area contributed by atoms with E-state index in [0.717, 1.165) is 11.1 Å². The lowest BCUT2D eigenvalue weighted by Gasteiger charge is -2.06. The van der Waals surface area contributed by atoms with Crippen LogP contribution in [0.15, 0.2) is 48.8 Å². The molecule has 0 aliphatic heterocycles. The lowest BCUT2D eigenvalue weighted by Crippen LogP contribution is -2.23. The first-order chi connectivity index (χ1) is 9.65. The highest BCUT2D eigenvalue weighted by molar-refractivity contribution is 7.80. The van der Waals surface area contributed by atoms with Gasteiger partial charge in [0.1, 0.15) is 0 Å². The fraction of sp³-hybridized carbons (Fsp3) is 0.133. The van der Waals surface area contributed by atoms with Crippen LogP contribution in [0.25, 0.3) is 0 Å². The van der Waals surface area contributed by atoms with Gasteiger partial charge in [0.15, 0.2) is 0 Å². The maximum Gasteiger partial charge on any atom is 0.251 e. The van der Waals surface area contributed by atoms with E-state index in [0.29, 0.717) is 23.5 Å². The first kappa shape index (κ1) is 14.1. The molecule has 0 spiro atoms. The van der Waals surface area contributed by atoms with Gasteiger partial charge in [-0.2, -0.15) is 0 Å². The molecule has 102 valence electrons. The Labute approximate surface area is 123 Å². The van der Waals surface area contributed by atoms with Gasteiger partial charge in [0.25, 0.3) is 5.91 Å². The maximum atomic E-state index is 12.1. The number of pyridine rings is 1. The van der Waals surface area contributed by atoms with E-state index in [2.05, 4.69) is 10.3 Å². The summed E-state index contributed by atoms with van der Waals surface area (Å²) in [4.78, 5) is 16.5. The van der Waals surface area contributed by atoms with Crippen molar-refractivity contribution in [2.75, 3.05) is 0 Å². The summed E-state index contributed by atoms with van der Waals surface area (Å²) in [5.74, 6) is -0.126. The molecule has 5 heteroatoms. The van der Waals surface area contributed by atoms with Crippen molar-refractivity contribution >= 4 is 23.1 Å². The van der Waals surface area contributed by atoms with Crippen LogP contribution in [0.1, 0.15) is 21.5 Å². The van der Waals surface area contributed by atoms with Crippen molar-refractivity contribution in [2.24, 2.45) is 5.73 Å². The van der Waals surface area contributed by atoms with Gasteiger partial charge in [-0.05, 0) is 29.3 Å². The minimum Gasteiger partial charge on any atom is -0.393 e. The number of nitrogens with two attached hydrogens (primary N) is 1. The van der Waals surface area contributed by atoms with Crippen LogP contribution in [0.5, 0.6) is 0 Å². The Morgan fingerprint density at radius 3 is 2.75 bits per heavy atom. The number of rotatable bonds is 5. The van der Waals surface area contributed by atoms with Crippen LogP contribution in [0, 0.1) is 0 Å². The van der Waals surface area contributed by atoms with Crippen molar-refractivity contribution in [2.45, 2.75) is 13.0 Å². The van der Waals surface area contributed by atoms with E-state index < -0.39 is 0 Å². The molecule has 0 bridgehead atoms. The van der Waals surface area contributed by atoms with Crippen molar-refractivity contribution in [3.8, 4) is 0 Å². The summed E-state index contributed by atoms with van der Waals surface area (Å²) in [6, 6.07) is 11.0. The zero-order valence-electron chi connectivity index (χ0n) is 10.9. The molecule has 0 aliphatic carbocycles. The molecule has 2 rings (SSSR count). The van der Waals surface area contributed by atoms with Crippen molar-refractivity contribution in [3.05, 3.63) is 65.5 Å². The number of benzene rings is 1. The summed E-state index contributed by atoms with van der Waals surface area (Å²) >= 11 is 4.87. The zero-order valence-corrected chi connectivity index (χ0v) is 11.7. The Morgan fingerprint density at radius 1 is 1.25 bits per heavy atom. The predicted octanol–water partition coefficient (Wildman–Crippen LogP) is 1.84. The first-order valence-corrected chi connectivity index (χ1v) is 6.60. The van der Waals surface area contributed by atoms with Gasteiger partial charge in [-0.3, -0.25) is 9.78 Å². The van der Waals surface area contributed by atoms with Gasteiger partial charge in [0, 0.05) is 30.9 Å². The monoisotopic (exact) mass is 285 g/mol. The highest BCUT2D eigenvalue weighted by Gasteiger charge is 2.06. The number of hydrogen-bond donors (Lipinski definition) is 2. The number of thiocarbonyl (C=S) groups is 1. The average molecular weight is 285 g/mol. The van der Waals surface area contributed by atoms with E-state index >= 15 is 0 Å². The fourth-order valence-electron chi connectivity index (χ4n) is 1.81. The summed E-state index contributed by atoms with van der Waals surface area (Å²) in [6.07, 6.45) is 3.92. The van der Waals surface area contributed by atoms with E-state index in [4.69, 9.17) is 18.0 Å². The van der Waals surface area contributed by atoms with Crippen LogP contribution >= 0.6 is 12.2 Å². The van der Waals surface area contributed by atoms with Crippen molar-refractivity contribution in [1.29, 1.82) is 0 Å². The van der Waals surface area contributed by atoms with Gasteiger partial charge in [-0.25, -0.2) is 0 Å². The number of carbonyl (C=O) groups excluding carboxylic acids is 1. The van der Waals surface area contributed by atoms with E-state index in [1.807, 2.05) is 24.3 Å². The highest BCUT2D eigenvalue weighted by atomic mass is 32.1. The standard InChI is InChI=1S/C15H15N3OS/c16-14(20)8-11-3-1-5-13(7-11)15(19)18-10-12-4-2-6-17-9-12/h1-7,9H,8,10H2,(H2,16,20)(H,18,19). The maximum absolute atomic E-state index is 12.1. The molecule has 0 saturated carbocycles. The largest absolute Gasteiger partial charge is 0.393 e. The van der Waals surface area contributed by atoms with Crippen LogP contribution in [0.4, 0.5) is 0 Å². The quantitative estimate of drug-likeness (QED) is 0.823. The van der Waals surface area contributed by atoms with Crippen LogP contribution in [-0.2, 0) is 13.0 Å². The fourth-order valence-corrected chi connectivity index (χ4v) is 1.98. The smallest absolute Gasteiger partial charge is 0.251 e. The molecule has 0 fully saturated rings. The minimum absolute atomic E-state index is 0.126. The second-order valence-corrected chi connectivity index (χ2v) is 4.91. The summed E-state index contributed by atoms with van der Waals surface area (Å²) in [5.41, 5.74) is 8.00. The van der Waals surface area contributed by atoms with Gasteiger partial charge in [-0.15, -0.1) is 0 Å². The molecular formula is C15H15N3OS. The van der Waals surface area contributed by atoms with E-state index in [1.165, 1.54) is 0 Å². The number of carbonyl (C=O) groups is 1. The van der Waals surface area contributed by atoms with Crippen LogP contribution in [-0.4, -0.2) is 15.9 Å². The SMILES string of the molecule is NC(=S)Cc1cccc(C(=O)NCc2cccnc2)c1. The van der Waals surface area contributed by atoms with E-state index in [9.17, 15) is 4.79 Å². The number of nitrogens with zero attached hydrogens (tertiary/aromatic N) is 1. The third-order valence-corrected chi connectivity index (χ3v) is 2.89. The minimum atomic E-state index is -0.126. The summed E-state index contributed by atoms with van der Waals surface area (Å²) in [5, 5.41) is 2.85. The molecule has 3 N–H and O–H groups in total. The molecule has 1 aromatic carbocycles. The second kappa shape index (κ2) is 6.77. The average Bonchev–Trinajstić information content (AvgIpc) is 2.45.